The van der Waals surface area contributed by atoms with Gasteiger partial charge in [0.15, 0.2) is 0 Å². The van der Waals surface area contributed by atoms with Crippen LogP contribution in [-0.4, -0.2) is 0 Å². The fourth-order valence-corrected chi connectivity index (χ4v) is 4.57. The minimum atomic E-state index is 1.24. The van der Waals surface area contributed by atoms with Crippen molar-refractivity contribution in [3.05, 3.63) is 121 Å². The van der Waals surface area contributed by atoms with Gasteiger partial charge in [-0.3, -0.25) is 0 Å². The third-order valence-electron chi connectivity index (χ3n) is 6.07. The molecule has 0 nitrogen and oxygen atoms in total. The Bertz CT molecular complexity index is 1470. The molecular weight excluding hydrogens is 360 g/mol. The van der Waals surface area contributed by atoms with Crippen molar-refractivity contribution >= 4 is 32.3 Å². The van der Waals surface area contributed by atoms with Gasteiger partial charge in [-0.1, -0.05) is 115 Å². The molecule has 0 saturated carbocycles. The first-order valence-corrected chi connectivity index (χ1v) is 10.4. The van der Waals surface area contributed by atoms with Crippen LogP contribution in [0.15, 0.2) is 121 Å². The Morgan fingerprint density at radius 2 is 0.600 bits per heavy atom. The molecule has 6 aromatic rings. The van der Waals surface area contributed by atoms with Gasteiger partial charge >= 0.3 is 0 Å². The lowest BCUT2D eigenvalue weighted by molar-refractivity contribution is 1.60. The normalized spacial score (nSPS) is 11.3. The zero-order chi connectivity index (χ0) is 19.9. The van der Waals surface area contributed by atoms with Crippen molar-refractivity contribution in [3.63, 3.8) is 0 Å². The smallest absolute Gasteiger partial charge is 0.00928 e. The number of fused-ring (bicyclic) bond motifs is 6. The van der Waals surface area contributed by atoms with Crippen LogP contribution in [-0.2, 0) is 0 Å². The summed E-state index contributed by atoms with van der Waals surface area (Å²) in [7, 11) is 0. The highest BCUT2D eigenvalue weighted by atomic mass is 14.1. The maximum atomic E-state index is 2.35. The fourth-order valence-electron chi connectivity index (χ4n) is 4.57. The van der Waals surface area contributed by atoms with Gasteiger partial charge < -0.3 is 0 Å². The predicted octanol–water partition coefficient (Wildman–Crippen LogP) is 8.48. The molecule has 0 aliphatic rings. The second-order valence-electron chi connectivity index (χ2n) is 7.79. The van der Waals surface area contributed by atoms with Gasteiger partial charge in [0.1, 0.15) is 0 Å². The molecule has 0 radical (unpaired) electrons. The summed E-state index contributed by atoms with van der Waals surface area (Å²) in [6.45, 7) is 0. The van der Waals surface area contributed by atoms with Crippen LogP contribution in [0.1, 0.15) is 0 Å². The van der Waals surface area contributed by atoms with Crippen LogP contribution < -0.4 is 0 Å². The zero-order valence-corrected chi connectivity index (χ0v) is 16.5. The molecule has 0 saturated heterocycles. The highest BCUT2D eigenvalue weighted by molar-refractivity contribution is 6.25. The van der Waals surface area contributed by atoms with E-state index in [-0.39, 0.29) is 0 Å². The van der Waals surface area contributed by atoms with Crippen LogP contribution in [0.4, 0.5) is 0 Å². The average molecular weight is 380 g/mol. The van der Waals surface area contributed by atoms with Gasteiger partial charge in [-0.05, 0) is 60.6 Å². The molecule has 0 amide bonds. The number of hydrogen-bond acceptors (Lipinski definition) is 0. The highest BCUT2D eigenvalue weighted by Crippen LogP contribution is 2.37. The van der Waals surface area contributed by atoms with E-state index in [1.165, 1.54) is 54.6 Å². The summed E-state index contributed by atoms with van der Waals surface area (Å²) >= 11 is 0. The average Bonchev–Trinajstić information content (AvgIpc) is 2.84. The molecule has 6 aromatic carbocycles. The lowest BCUT2D eigenvalue weighted by Gasteiger charge is -2.12. The second-order valence-corrected chi connectivity index (χ2v) is 7.79. The Labute approximate surface area is 176 Å². The molecule has 0 heterocycles. The summed E-state index contributed by atoms with van der Waals surface area (Å²) in [6, 6.07) is 43.8. The molecule has 0 aromatic heterocycles. The number of benzene rings is 6. The third kappa shape index (κ3) is 2.69. The Kier molecular flexibility index (Phi) is 3.89. The van der Waals surface area contributed by atoms with Gasteiger partial charge in [-0.2, -0.15) is 0 Å². The van der Waals surface area contributed by atoms with E-state index in [9.17, 15) is 0 Å². The lowest BCUT2D eigenvalue weighted by Crippen LogP contribution is -1.85. The summed E-state index contributed by atoms with van der Waals surface area (Å²) in [5, 5.41) is 7.90. The maximum absolute atomic E-state index is 2.35. The van der Waals surface area contributed by atoms with E-state index in [1.807, 2.05) is 0 Å². The molecule has 0 heteroatoms. The van der Waals surface area contributed by atoms with Gasteiger partial charge in [-0.25, -0.2) is 0 Å². The molecule has 0 fully saturated rings. The van der Waals surface area contributed by atoms with Crippen molar-refractivity contribution in [2.75, 3.05) is 0 Å². The van der Waals surface area contributed by atoms with E-state index in [0.717, 1.165) is 0 Å². The molecule has 30 heavy (non-hydrogen) atoms. The largest absolute Gasteiger partial charge is 0.0622 e. The van der Waals surface area contributed by atoms with E-state index in [4.69, 9.17) is 0 Å². The quantitative estimate of drug-likeness (QED) is 0.264. The van der Waals surface area contributed by atoms with Crippen molar-refractivity contribution in [2.45, 2.75) is 0 Å². The molecule has 0 N–H and O–H groups in total. The van der Waals surface area contributed by atoms with Crippen LogP contribution in [0.25, 0.3) is 54.6 Å². The van der Waals surface area contributed by atoms with E-state index < -0.39 is 0 Å². The first kappa shape index (κ1) is 17.0. The van der Waals surface area contributed by atoms with Gasteiger partial charge in [0.05, 0.1) is 0 Å². The van der Waals surface area contributed by atoms with Crippen LogP contribution in [0.5, 0.6) is 0 Å². The Morgan fingerprint density at radius 3 is 1.17 bits per heavy atom. The molecule has 0 atom stereocenters. The highest BCUT2D eigenvalue weighted by Gasteiger charge is 2.09. The molecule has 0 bridgehead atoms. The van der Waals surface area contributed by atoms with E-state index in [1.54, 1.807) is 0 Å². The monoisotopic (exact) mass is 380 g/mol. The molecule has 140 valence electrons. The lowest BCUT2D eigenvalue weighted by atomic mass is 9.92. The van der Waals surface area contributed by atoms with Crippen molar-refractivity contribution in [1.29, 1.82) is 0 Å². The van der Waals surface area contributed by atoms with Crippen molar-refractivity contribution in [2.24, 2.45) is 0 Å². The SMILES string of the molecule is c1ccc(-c2ccc(-c3ccc4c5ccccc5c5ccccc5c4c3)cc2)cc1. The van der Waals surface area contributed by atoms with Crippen LogP contribution in [0.3, 0.4) is 0 Å². The minimum absolute atomic E-state index is 1.24. The van der Waals surface area contributed by atoms with E-state index in [2.05, 4.69) is 121 Å². The number of rotatable bonds is 2. The summed E-state index contributed by atoms with van der Waals surface area (Å²) in [4.78, 5) is 0. The van der Waals surface area contributed by atoms with Crippen LogP contribution in [0, 0.1) is 0 Å². The van der Waals surface area contributed by atoms with Crippen LogP contribution in [0.2, 0.25) is 0 Å². The molecule has 0 spiro atoms. The van der Waals surface area contributed by atoms with Crippen LogP contribution >= 0.6 is 0 Å². The summed E-state index contributed by atoms with van der Waals surface area (Å²) in [6.07, 6.45) is 0. The second kappa shape index (κ2) is 6.86. The Balaban J connectivity index is 1.55. The molecule has 0 aliphatic heterocycles. The molecule has 0 aliphatic carbocycles. The third-order valence-corrected chi connectivity index (χ3v) is 6.07. The van der Waals surface area contributed by atoms with Crippen molar-refractivity contribution in [1.82, 2.24) is 0 Å². The first-order chi connectivity index (χ1) is 14.9. The standard InChI is InChI=1S/C30H20/c1-2-8-21(9-3-1)22-14-16-23(17-15-22)24-18-19-29-27-12-5-4-10-25(27)26-11-6-7-13-28(26)30(29)20-24/h1-20H. The minimum Gasteiger partial charge on any atom is -0.0622 e. The van der Waals surface area contributed by atoms with E-state index >= 15 is 0 Å². The zero-order valence-electron chi connectivity index (χ0n) is 16.5. The van der Waals surface area contributed by atoms with Crippen molar-refractivity contribution in [3.8, 4) is 22.3 Å². The van der Waals surface area contributed by atoms with Crippen molar-refractivity contribution < 1.29 is 0 Å². The predicted molar refractivity (Wildman–Crippen MR) is 130 cm³/mol. The summed E-state index contributed by atoms with van der Waals surface area (Å²) < 4.78 is 0. The number of hydrogen-bond donors (Lipinski definition) is 0. The molecular formula is C30H20. The van der Waals surface area contributed by atoms with Gasteiger partial charge in [0, 0.05) is 0 Å². The summed E-state index contributed by atoms with van der Waals surface area (Å²) in [5.74, 6) is 0. The first-order valence-electron chi connectivity index (χ1n) is 10.4. The Hall–Kier alpha value is -3.90. The molecule has 6 rings (SSSR count). The van der Waals surface area contributed by atoms with Gasteiger partial charge in [-0.15, -0.1) is 0 Å². The summed E-state index contributed by atoms with van der Waals surface area (Å²) in [5.41, 5.74) is 4.99. The van der Waals surface area contributed by atoms with E-state index in [0.29, 0.717) is 0 Å². The van der Waals surface area contributed by atoms with Gasteiger partial charge in [0.2, 0.25) is 0 Å². The fraction of sp³-hybridized carbons (Fsp3) is 0. The Morgan fingerprint density at radius 1 is 0.233 bits per heavy atom. The molecule has 0 unspecified atom stereocenters. The maximum Gasteiger partial charge on any atom is -0.00928 e. The topological polar surface area (TPSA) is 0 Å². The van der Waals surface area contributed by atoms with Gasteiger partial charge in [0.25, 0.3) is 0 Å².